The lowest BCUT2D eigenvalue weighted by atomic mass is 10.3. The maximum atomic E-state index is 6.17. The topological polar surface area (TPSA) is 55.1 Å². The molecule has 20 heavy (non-hydrogen) atoms. The zero-order valence-corrected chi connectivity index (χ0v) is 12.3. The molecule has 0 amide bonds. The van der Waals surface area contributed by atoms with Crippen LogP contribution < -0.4 is 5.32 Å². The second-order valence-electron chi connectivity index (χ2n) is 4.08. The molecule has 0 aliphatic heterocycles. The summed E-state index contributed by atoms with van der Waals surface area (Å²) in [5, 5.41) is 12.8. The van der Waals surface area contributed by atoms with Gasteiger partial charge in [-0.2, -0.15) is 0 Å². The second-order valence-corrected chi connectivity index (χ2v) is 5.42. The van der Waals surface area contributed by atoms with Crippen molar-refractivity contribution < 1.29 is 0 Å². The SMILES string of the molecule is CNc1ccc(Cl)c(CSc2nnc3ccccn23)n1. The van der Waals surface area contributed by atoms with Crippen LogP contribution in [0.15, 0.2) is 41.7 Å². The van der Waals surface area contributed by atoms with E-state index >= 15 is 0 Å². The normalized spacial score (nSPS) is 10.9. The Morgan fingerprint density at radius 1 is 1.25 bits per heavy atom. The first-order valence-electron chi connectivity index (χ1n) is 6.03. The number of pyridine rings is 2. The van der Waals surface area contributed by atoms with Crippen LogP contribution in [0.25, 0.3) is 5.65 Å². The Labute approximate surface area is 125 Å². The van der Waals surface area contributed by atoms with Gasteiger partial charge in [-0.15, -0.1) is 10.2 Å². The summed E-state index contributed by atoms with van der Waals surface area (Å²) in [6.07, 6.45) is 1.94. The number of fused-ring (bicyclic) bond motifs is 1. The third-order valence-corrected chi connectivity index (χ3v) is 4.09. The predicted octanol–water partition coefficient (Wildman–Crippen LogP) is 3.11. The van der Waals surface area contributed by atoms with Crippen molar-refractivity contribution in [3.05, 3.63) is 47.2 Å². The summed E-state index contributed by atoms with van der Waals surface area (Å²) in [5.41, 5.74) is 1.66. The number of nitrogens with zero attached hydrogens (tertiary/aromatic N) is 4. The molecule has 0 aliphatic carbocycles. The monoisotopic (exact) mass is 305 g/mol. The van der Waals surface area contributed by atoms with Crippen LogP contribution in [0.2, 0.25) is 5.02 Å². The number of nitrogens with one attached hydrogen (secondary N) is 1. The fourth-order valence-corrected chi connectivity index (χ4v) is 2.90. The van der Waals surface area contributed by atoms with Gasteiger partial charge in [0.25, 0.3) is 0 Å². The van der Waals surface area contributed by atoms with E-state index in [9.17, 15) is 0 Å². The minimum atomic E-state index is 0.643. The average molecular weight is 306 g/mol. The van der Waals surface area contributed by atoms with Crippen LogP contribution in [-0.4, -0.2) is 26.6 Å². The zero-order chi connectivity index (χ0) is 13.9. The molecule has 0 saturated heterocycles. The molecule has 102 valence electrons. The average Bonchev–Trinajstić information content (AvgIpc) is 2.90. The van der Waals surface area contributed by atoms with E-state index in [0.717, 1.165) is 22.3 Å². The Morgan fingerprint density at radius 3 is 3.00 bits per heavy atom. The number of rotatable bonds is 4. The maximum absolute atomic E-state index is 6.17. The fourth-order valence-electron chi connectivity index (χ4n) is 1.78. The first-order chi connectivity index (χ1) is 9.78. The quantitative estimate of drug-likeness (QED) is 0.751. The minimum Gasteiger partial charge on any atom is -0.373 e. The summed E-state index contributed by atoms with van der Waals surface area (Å²) in [6, 6.07) is 9.51. The Morgan fingerprint density at radius 2 is 2.15 bits per heavy atom. The van der Waals surface area contributed by atoms with E-state index in [4.69, 9.17) is 11.6 Å². The first-order valence-corrected chi connectivity index (χ1v) is 7.40. The van der Waals surface area contributed by atoms with Gasteiger partial charge < -0.3 is 5.32 Å². The Balaban J connectivity index is 1.83. The molecule has 3 aromatic heterocycles. The zero-order valence-electron chi connectivity index (χ0n) is 10.7. The molecule has 0 saturated carbocycles. The Kier molecular flexibility index (Phi) is 3.75. The number of thioether (sulfide) groups is 1. The number of anilines is 1. The van der Waals surface area contributed by atoms with Crippen LogP contribution >= 0.6 is 23.4 Å². The molecule has 5 nitrogen and oxygen atoms in total. The van der Waals surface area contributed by atoms with Crippen LogP contribution in [0.1, 0.15) is 5.69 Å². The molecular weight excluding hydrogens is 294 g/mol. The Bertz CT molecular complexity index is 742. The highest BCUT2D eigenvalue weighted by Crippen LogP contribution is 2.25. The standard InChI is InChI=1S/C13H12ClN5S/c1-15-11-6-5-9(14)10(16-11)8-20-13-18-17-12-4-2-3-7-19(12)13/h2-7H,8H2,1H3,(H,15,16). The summed E-state index contributed by atoms with van der Waals surface area (Å²) in [6.45, 7) is 0. The molecule has 0 fully saturated rings. The number of aromatic nitrogens is 4. The second kappa shape index (κ2) is 5.68. The molecule has 0 aromatic carbocycles. The molecule has 3 aromatic rings. The van der Waals surface area contributed by atoms with Gasteiger partial charge in [0.2, 0.25) is 0 Å². The number of hydrogen-bond donors (Lipinski definition) is 1. The molecule has 0 radical (unpaired) electrons. The molecule has 0 unspecified atom stereocenters. The van der Waals surface area contributed by atoms with Gasteiger partial charge in [-0.3, -0.25) is 4.40 Å². The van der Waals surface area contributed by atoms with E-state index in [-0.39, 0.29) is 0 Å². The van der Waals surface area contributed by atoms with Gasteiger partial charge >= 0.3 is 0 Å². The van der Waals surface area contributed by atoms with E-state index in [2.05, 4.69) is 20.5 Å². The van der Waals surface area contributed by atoms with Gasteiger partial charge in [0.15, 0.2) is 10.8 Å². The lowest BCUT2D eigenvalue weighted by Gasteiger charge is -2.05. The third-order valence-electron chi connectivity index (χ3n) is 2.80. The van der Waals surface area contributed by atoms with Crippen molar-refractivity contribution >= 4 is 34.8 Å². The molecule has 0 spiro atoms. The molecule has 0 atom stereocenters. The van der Waals surface area contributed by atoms with Gasteiger partial charge in [0.05, 0.1) is 10.7 Å². The van der Waals surface area contributed by atoms with Crippen molar-refractivity contribution in [1.29, 1.82) is 0 Å². The summed E-state index contributed by atoms with van der Waals surface area (Å²) in [7, 11) is 1.83. The minimum absolute atomic E-state index is 0.643. The summed E-state index contributed by atoms with van der Waals surface area (Å²) in [4.78, 5) is 4.45. The van der Waals surface area contributed by atoms with Gasteiger partial charge in [-0.1, -0.05) is 29.4 Å². The summed E-state index contributed by atoms with van der Waals surface area (Å²) < 4.78 is 1.94. The van der Waals surface area contributed by atoms with Crippen LogP contribution in [-0.2, 0) is 5.75 Å². The largest absolute Gasteiger partial charge is 0.373 e. The van der Waals surface area contributed by atoms with Crippen molar-refractivity contribution in [2.75, 3.05) is 12.4 Å². The maximum Gasteiger partial charge on any atom is 0.195 e. The van der Waals surface area contributed by atoms with Crippen LogP contribution in [0.4, 0.5) is 5.82 Å². The molecule has 3 heterocycles. The van der Waals surface area contributed by atoms with E-state index in [1.165, 1.54) is 0 Å². The van der Waals surface area contributed by atoms with Crippen LogP contribution in [0.5, 0.6) is 0 Å². The van der Waals surface area contributed by atoms with E-state index in [0.29, 0.717) is 10.8 Å². The molecular formula is C13H12ClN5S. The van der Waals surface area contributed by atoms with Crippen molar-refractivity contribution in [2.45, 2.75) is 10.9 Å². The highest BCUT2D eigenvalue weighted by molar-refractivity contribution is 7.98. The van der Waals surface area contributed by atoms with Crippen LogP contribution in [0.3, 0.4) is 0 Å². The van der Waals surface area contributed by atoms with Gasteiger partial charge in [0, 0.05) is 19.0 Å². The molecule has 7 heteroatoms. The highest BCUT2D eigenvalue weighted by Gasteiger charge is 2.09. The van der Waals surface area contributed by atoms with Gasteiger partial charge in [-0.25, -0.2) is 4.98 Å². The Hall–Kier alpha value is -1.79. The summed E-state index contributed by atoms with van der Waals surface area (Å²) in [5.74, 6) is 1.44. The fraction of sp³-hybridized carbons (Fsp3) is 0.154. The van der Waals surface area contributed by atoms with Crippen molar-refractivity contribution in [1.82, 2.24) is 19.6 Å². The molecule has 1 N–H and O–H groups in total. The molecule has 0 bridgehead atoms. The van der Waals surface area contributed by atoms with Crippen molar-refractivity contribution in [2.24, 2.45) is 0 Å². The first kappa shape index (κ1) is 13.2. The molecule has 3 rings (SSSR count). The van der Waals surface area contributed by atoms with Gasteiger partial charge in [-0.05, 0) is 24.3 Å². The van der Waals surface area contributed by atoms with E-state index < -0.39 is 0 Å². The third kappa shape index (κ3) is 2.57. The van der Waals surface area contributed by atoms with Crippen LogP contribution in [0, 0.1) is 0 Å². The number of hydrogen-bond acceptors (Lipinski definition) is 5. The van der Waals surface area contributed by atoms with Crippen molar-refractivity contribution in [3.63, 3.8) is 0 Å². The lowest BCUT2D eigenvalue weighted by molar-refractivity contribution is 0.920. The molecule has 0 aliphatic rings. The van der Waals surface area contributed by atoms with Crippen molar-refractivity contribution in [3.8, 4) is 0 Å². The summed E-state index contributed by atoms with van der Waals surface area (Å²) >= 11 is 7.72. The smallest absolute Gasteiger partial charge is 0.195 e. The number of halogens is 1. The highest BCUT2D eigenvalue weighted by atomic mass is 35.5. The van der Waals surface area contributed by atoms with E-state index in [1.54, 1.807) is 11.8 Å². The lowest BCUT2D eigenvalue weighted by Crippen LogP contribution is -1.97. The van der Waals surface area contributed by atoms with E-state index in [1.807, 2.05) is 48.0 Å². The predicted molar refractivity (Wildman–Crippen MR) is 81.3 cm³/mol. The van der Waals surface area contributed by atoms with Gasteiger partial charge in [0.1, 0.15) is 5.82 Å².